The minimum Gasteiger partial charge on any atom is -0.481 e. The first-order valence-corrected chi connectivity index (χ1v) is 44.3. The molecule has 8 amide bonds. The van der Waals surface area contributed by atoms with E-state index >= 15 is 0 Å². The van der Waals surface area contributed by atoms with Crippen molar-refractivity contribution in [2.24, 2.45) is 60.9 Å². The number of imide groups is 3. The number of carboxylic acids is 1. The van der Waals surface area contributed by atoms with Crippen molar-refractivity contribution in [3.8, 4) is 0 Å². The van der Waals surface area contributed by atoms with E-state index in [0.717, 1.165) is 55.6 Å². The van der Waals surface area contributed by atoms with Crippen molar-refractivity contribution in [3.05, 3.63) is 0 Å². The second-order valence-electron chi connectivity index (χ2n) is 42.5. The third-order valence-corrected chi connectivity index (χ3v) is 23.0. The lowest BCUT2D eigenvalue weighted by molar-refractivity contribution is -0.153. The lowest BCUT2D eigenvalue weighted by Crippen LogP contribution is -2.52. The first kappa shape index (κ1) is 112. The Morgan fingerprint density at radius 3 is 1.28 bits per heavy atom. The van der Waals surface area contributed by atoms with Crippen molar-refractivity contribution >= 4 is 129 Å². The average Bonchev–Trinajstić information content (AvgIpc) is 1.70. The normalized spacial score (nSPS) is 19.9. The molecule has 0 bridgehead atoms. The molecule has 0 aromatic rings. The first-order valence-electron chi connectivity index (χ1n) is 40.8. The fourth-order valence-electron chi connectivity index (χ4n) is 11.1. The topological polar surface area (TPSA) is 359 Å². The van der Waals surface area contributed by atoms with E-state index < -0.39 is 50.7 Å². The van der Waals surface area contributed by atoms with Gasteiger partial charge in [0.05, 0.1) is 38.7 Å². The summed E-state index contributed by atoms with van der Waals surface area (Å²) in [7, 11) is 0. The second kappa shape index (κ2) is 45.8. The van der Waals surface area contributed by atoms with E-state index in [1.54, 1.807) is 65.1 Å². The van der Waals surface area contributed by atoms with E-state index in [1.165, 1.54) is 33.3 Å². The van der Waals surface area contributed by atoms with E-state index in [9.17, 15) is 62.3 Å². The Bertz CT molecular complexity index is 3280. The summed E-state index contributed by atoms with van der Waals surface area (Å²) in [4.78, 5) is 172. The number of amides is 8. The van der Waals surface area contributed by atoms with Crippen LogP contribution in [0.3, 0.4) is 0 Å². The molecule has 6 atom stereocenters. The predicted molar refractivity (Wildman–Crippen MR) is 473 cm³/mol. The number of rotatable bonds is 24. The van der Waals surface area contributed by atoms with Gasteiger partial charge in [0, 0.05) is 109 Å². The summed E-state index contributed by atoms with van der Waals surface area (Å²) in [5, 5.41) is 14.0. The van der Waals surface area contributed by atoms with Crippen LogP contribution in [0.25, 0.3) is 0 Å². The van der Waals surface area contributed by atoms with E-state index in [0.29, 0.717) is 44.1 Å². The van der Waals surface area contributed by atoms with E-state index in [1.807, 2.05) is 152 Å². The highest BCUT2D eigenvalue weighted by Gasteiger charge is 2.49. The molecule has 28 heteroatoms. The maximum Gasteiger partial charge on any atom is 0.305 e. The fraction of sp³-hybridized carbons (Fsp3) is 0.839. The van der Waals surface area contributed by atoms with Crippen molar-refractivity contribution in [2.75, 3.05) is 26.2 Å². The first-order chi connectivity index (χ1) is 51.2. The van der Waals surface area contributed by atoms with Crippen LogP contribution in [-0.4, -0.2) is 191 Å². The Morgan fingerprint density at radius 1 is 0.496 bits per heavy atom. The van der Waals surface area contributed by atoms with Crippen LogP contribution in [0, 0.1) is 44.3 Å². The molecule has 1 saturated carbocycles. The molecule has 3 aliphatic heterocycles. The monoisotopic (exact) mass is 1700 g/mol. The third-order valence-electron chi connectivity index (χ3n) is 17.6. The number of likely N-dealkylation sites (tertiary alicyclic amines) is 3. The van der Waals surface area contributed by atoms with Crippen LogP contribution in [-0.2, 0) is 72.0 Å². The quantitative estimate of drug-likeness (QED) is 0.0259. The van der Waals surface area contributed by atoms with Crippen molar-refractivity contribution in [3.63, 3.8) is 0 Å². The third kappa shape index (κ3) is 46.0. The zero-order chi connectivity index (χ0) is 91.1. The number of oxime groups is 1. The van der Waals surface area contributed by atoms with Crippen LogP contribution in [0.4, 0.5) is 0 Å². The molecule has 0 aromatic heterocycles. The van der Waals surface area contributed by atoms with Gasteiger partial charge in [-0.05, 0) is 92.9 Å². The van der Waals surface area contributed by atoms with Crippen LogP contribution < -0.4 is 22.3 Å². The number of hydroxylamine groups is 1. The predicted octanol–water partition coefficient (Wildman–Crippen LogP) is 16.0. The van der Waals surface area contributed by atoms with E-state index in [-0.39, 0.29) is 147 Å². The number of nitrogens with one attached hydrogen (secondary N) is 2. The van der Waals surface area contributed by atoms with Gasteiger partial charge >= 0.3 is 5.97 Å². The highest BCUT2D eigenvalue weighted by molar-refractivity contribution is 8.02. The molecule has 0 radical (unpaired) electrons. The molecule has 6 unspecified atom stereocenters. The molecule has 666 valence electrons. The number of thioether (sulfide) groups is 4. The minimum atomic E-state index is -1.05. The summed E-state index contributed by atoms with van der Waals surface area (Å²) >= 11 is 5.89. The summed E-state index contributed by atoms with van der Waals surface area (Å²) in [5.41, 5.74) is 12.1. The van der Waals surface area contributed by atoms with Gasteiger partial charge < -0.3 is 26.7 Å². The molecule has 4 rings (SSSR count). The van der Waals surface area contributed by atoms with Gasteiger partial charge in [-0.1, -0.05) is 219 Å². The SMILES string of the molecule is C/C(=N\OC(C)(C)C)C(C)(C)C.CC(C)(C)ONC(=O)C(C)(C)C.CC(C)(C)SC(CC(=O)O)C(=O)NC(CN)C(=O)C(C)(C)C.CC(C)(C)SC1CC(=O)N(C(CN)C(=O)C(C)(C)C)C1=O.CC(C)(C)SC1CC(=O)N(CC2CCC(C(=O)C(C)(C)C)CC2)C1=O.CC(C)(C)SC1CC(=O)N(CCCCCC(=O)C(C)(C)C)C1=O. The van der Waals surface area contributed by atoms with Crippen molar-refractivity contribution in [1.29, 1.82) is 0 Å². The summed E-state index contributed by atoms with van der Waals surface area (Å²) in [6.07, 6.45) is 7.19. The van der Waals surface area contributed by atoms with Crippen molar-refractivity contribution in [1.82, 2.24) is 25.5 Å². The van der Waals surface area contributed by atoms with E-state index in [4.69, 9.17) is 26.2 Å². The Hall–Kier alpha value is -4.74. The molecule has 1 aliphatic carbocycles. The van der Waals surface area contributed by atoms with Crippen LogP contribution in [0.15, 0.2) is 5.16 Å². The van der Waals surface area contributed by atoms with Gasteiger partial charge in [0.2, 0.25) is 47.3 Å². The van der Waals surface area contributed by atoms with Crippen LogP contribution >= 0.6 is 47.0 Å². The summed E-state index contributed by atoms with van der Waals surface area (Å²) in [6.45, 7) is 72.9. The number of aliphatic carboxylic acids is 1. The van der Waals surface area contributed by atoms with Gasteiger partial charge in [-0.2, -0.15) is 0 Å². The van der Waals surface area contributed by atoms with Gasteiger partial charge in [0.15, 0.2) is 11.6 Å². The number of hydrogen-bond acceptors (Lipinski definition) is 22. The largest absolute Gasteiger partial charge is 0.481 e. The highest BCUT2D eigenvalue weighted by Crippen LogP contribution is 2.41. The fourth-order valence-corrected chi connectivity index (χ4v) is 16.3. The number of carboxylic acid groups (broad SMARTS) is 1. The van der Waals surface area contributed by atoms with Crippen LogP contribution in [0.1, 0.15) is 333 Å². The Labute approximate surface area is 711 Å². The number of carbonyl (C=O) groups excluding carboxylic acids is 12. The molecule has 0 spiro atoms. The number of carbonyl (C=O) groups is 13. The Morgan fingerprint density at radius 2 is 0.922 bits per heavy atom. The van der Waals surface area contributed by atoms with Crippen LogP contribution in [0.5, 0.6) is 0 Å². The summed E-state index contributed by atoms with van der Waals surface area (Å²) in [6, 6.07) is -1.65. The average molecular weight is 1700 g/mol. The molecule has 4 aliphatic rings. The molecular formula is C87H158N8O16S4. The highest BCUT2D eigenvalue weighted by atomic mass is 32.2. The zero-order valence-corrected chi connectivity index (χ0v) is 81.3. The van der Waals surface area contributed by atoms with Gasteiger partial charge in [0.25, 0.3) is 0 Å². The number of nitrogens with zero attached hydrogens (tertiary/aromatic N) is 4. The van der Waals surface area contributed by atoms with Gasteiger partial charge in [-0.3, -0.25) is 81.9 Å². The van der Waals surface area contributed by atoms with E-state index in [2.05, 4.69) is 78.3 Å². The molecule has 115 heavy (non-hydrogen) atoms. The van der Waals surface area contributed by atoms with Gasteiger partial charge in [-0.15, -0.1) is 47.0 Å². The summed E-state index contributed by atoms with van der Waals surface area (Å²) in [5.74, 6) is -1.57. The Kier molecular flexibility index (Phi) is 44.7. The summed E-state index contributed by atoms with van der Waals surface area (Å²) < 4.78 is -0.446. The van der Waals surface area contributed by atoms with Crippen molar-refractivity contribution < 1.29 is 77.1 Å². The van der Waals surface area contributed by atoms with Crippen molar-refractivity contribution in [2.45, 2.75) is 397 Å². The molecule has 3 heterocycles. The maximum atomic E-state index is 12.6. The standard InChI is InChI=1S/C20H33NO3S.C18H31NO3S.C15H28N2O4S.C15H26N2O3S.C10H21NO.C9H19NO2/c1-19(2,3)17(23)14-9-7-13(8-10-14)12-21-16(22)11-15(18(21)24)25-20(4,5)6;1-17(2,3)14(20)10-8-7-9-11-19-15(21)12-13(16(19)22)23-18(4,5)6;1-14(2,3)12(20)9(8-16)17-13(21)10(7-11(18)19)22-15(4,5)6;1-14(2,3)12(19)9(8-16)17-11(18)7-10(13(17)20)21-15(4,5)6;1-8(9(2,3)4)11-12-10(5,6)7;1-8(2,3)7(11)10-12-9(4,5)6/h13-15H,7-12H2,1-6H3;13H,7-12H2,1-6H3;9-10H,7-8,16H2,1-6H3,(H,17,21)(H,18,19);9-10H,7-8,16H2,1-6H3;1-7H3;1-6H3,(H,10,11)/b;;;;11-8+;. The van der Waals surface area contributed by atoms with Crippen LogP contribution in [0.2, 0.25) is 0 Å². The molecule has 7 N–H and O–H groups in total. The van der Waals surface area contributed by atoms with Gasteiger partial charge in [-0.25, -0.2) is 5.48 Å². The smallest absolute Gasteiger partial charge is 0.305 e. The lowest BCUT2D eigenvalue weighted by atomic mass is 9.73. The number of Topliss-reactive ketones (excluding diaryl/α,β-unsaturated/α-hetero) is 4. The number of ketones is 4. The molecule has 24 nitrogen and oxygen atoms in total. The lowest BCUT2D eigenvalue weighted by Gasteiger charge is -2.33. The molecule has 3 saturated heterocycles. The van der Waals surface area contributed by atoms with Gasteiger partial charge in [0.1, 0.15) is 29.3 Å². The Balaban J connectivity index is 0. The molecule has 0 aromatic carbocycles. The number of hydrogen-bond donors (Lipinski definition) is 5. The molecule has 4 fully saturated rings. The number of unbranched alkanes of at least 4 members (excludes halogenated alkanes) is 2. The zero-order valence-electron chi connectivity index (χ0n) is 78.1. The minimum absolute atomic E-state index is 0.0121. The maximum absolute atomic E-state index is 12.6. The number of nitrogens with two attached hydrogens (primary N) is 2. The molecular weight excluding hydrogens is 1540 g/mol. The second-order valence-corrected chi connectivity index (χ2v) is 50.7.